The van der Waals surface area contributed by atoms with E-state index in [9.17, 15) is 14.0 Å². The van der Waals surface area contributed by atoms with Gasteiger partial charge in [-0.2, -0.15) is 0 Å². The number of amides is 2. The maximum atomic E-state index is 12.8. The zero-order valence-corrected chi connectivity index (χ0v) is 10.5. The van der Waals surface area contributed by atoms with Crippen molar-refractivity contribution in [3.63, 3.8) is 0 Å². The minimum Gasteiger partial charge on any atom is -0.277 e. The van der Waals surface area contributed by atoms with Crippen molar-refractivity contribution in [1.29, 1.82) is 0 Å². The summed E-state index contributed by atoms with van der Waals surface area (Å²) in [6, 6.07) is 5.15. The van der Waals surface area contributed by atoms with E-state index in [1.807, 2.05) is 0 Å². The third kappa shape index (κ3) is 2.70. The van der Waals surface area contributed by atoms with Gasteiger partial charge in [0.15, 0.2) is 0 Å². The molecule has 1 heterocycles. The molecule has 1 saturated heterocycles. The summed E-state index contributed by atoms with van der Waals surface area (Å²) in [5.41, 5.74) is 0.301. The molecule has 3 nitrogen and oxygen atoms in total. The van der Waals surface area contributed by atoms with Gasteiger partial charge in [-0.05, 0) is 43.5 Å². The normalized spacial score (nSPS) is 20.7. The number of hydrogen-bond donors (Lipinski definition) is 0. The Bertz CT molecular complexity index is 461. The van der Waals surface area contributed by atoms with Crippen molar-refractivity contribution >= 4 is 23.4 Å². The van der Waals surface area contributed by atoms with Crippen molar-refractivity contribution in [2.24, 2.45) is 0 Å². The monoisotopic (exact) mass is 269 g/mol. The molecule has 2 rings (SSSR count). The molecule has 2 amide bonds. The number of benzene rings is 1. The first kappa shape index (κ1) is 13.0. The van der Waals surface area contributed by atoms with Gasteiger partial charge in [0.1, 0.15) is 11.2 Å². The first-order valence-electron chi connectivity index (χ1n) is 5.85. The number of rotatable bonds is 1. The van der Waals surface area contributed by atoms with Gasteiger partial charge in [-0.25, -0.2) is 4.39 Å². The number of imide groups is 1. The highest BCUT2D eigenvalue weighted by atomic mass is 35.5. The van der Waals surface area contributed by atoms with E-state index in [0.29, 0.717) is 18.5 Å². The number of carbonyl (C=O) groups is 2. The van der Waals surface area contributed by atoms with Crippen LogP contribution in [0.25, 0.3) is 0 Å². The molecule has 1 atom stereocenters. The van der Waals surface area contributed by atoms with E-state index in [1.54, 1.807) is 0 Å². The molecule has 1 aliphatic rings. The number of alkyl halides is 1. The van der Waals surface area contributed by atoms with Crippen molar-refractivity contribution in [3.8, 4) is 0 Å². The van der Waals surface area contributed by atoms with Crippen LogP contribution in [-0.2, 0) is 4.79 Å². The molecular formula is C13H13ClFNO2. The Labute approximate surface area is 110 Å². The van der Waals surface area contributed by atoms with Gasteiger partial charge >= 0.3 is 0 Å². The van der Waals surface area contributed by atoms with Crippen molar-refractivity contribution in [2.45, 2.75) is 24.6 Å². The van der Waals surface area contributed by atoms with Gasteiger partial charge in [0.25, 0.3) is 5.91 Å². The van der Waals surface area contributed by atoms with Crippen LogP contribution < -0.4 is 0 Å². The lowest BCUT2D eigenvalue weighted by atomic mass is 10.2. The summed E-state index contributed by atoms with van der Waals surface area (Å²) in [6.45, 7) is 0.373. The number of halogens is 2. The lowest BCUT2D eigenvalue weighted by molar-refractivity contribution is -0.127. The molecule has 1 fully saturated rings. The fourth-order valence-electron chi connectivity index (χ4n) is 1.95. The Morgan fingerprint density at radius 1 is 1.28 bits per heavy atom. The van der Waals surface area contributed by atoms with Crippen LogP contribution in [0.15, 0.2) is 24.3 Å². The molecule has 1 aromatic rings. The molecule has 18 heavy (non-hydrogen) atoms. The number of carbonyl (C=O) groups excluding carboxylic acids is 2. The molecule has 1 unspecified atom stereocenters. The quantitative estimate of drug-likeness (QED) is 0.580. The van der Waals surface area contributed by atoms with E-state index in [1.165, 1.54) is 24.3 Å². The zero-order chi connectivity index (χ0) is 13.1. The molecule has 0 N–H and O–H groups in total. The second-order valence-electron chi connectivity index (χ2n) is 4.27. The number of nitrogens with zero attached hydrogens (tertiary/aromatic N) is 1. The van der Waals surface area contributed by atoms with Crippen LogP contribution in [0.4, 0.5) is 4.39 Å². The summed E-state index contributed by atoms with van der Waals surface area (Å²) in [5.74, 6) is -1.18. The molecule has 0 saturated carbocycles. The molecule has 0 spiro atoms. The summed E-state index contributed by atoms with van der Waals surface area (Å²) < 4.78 is 12.8. The minimum absolute atomic E-state index is 0.301. The highest BCUT2D eigenvalue weighted by Gasteiger charge is 2.30. The van der Waals surface area contributed by atoms with Crippen LogP contribution >= 0.6 is 11.6 Å². The summed E-state index contributed by atoms with van der Waals surface area (Å²) in [6.07, 6.45) is 2.17. The summed E-state index contributed by atoms with van der Waals surface area (Å²) in [4.78, 5) is 25.2. The highest BCUT2D eigenvalue weighted by Crippen LogP contribution is 2.19. The average Bonchev–Trinajstić information content (AvgIpc) is 2.53. The smallest absolute Gasteiger partial charge is 0.260 e. The number of hydrogen-bond acceptors (Lipinski definition) is 2. The van der Waals surface area contributed by atoms with Crippen molar-refractivity contribution < 1.29 is 14.0 Å². The Kier molecular flexibility index (Phi) is 3.97. The summed E-state index contributed by atoms with van der Waals surface area (Å²) >= 11 is 5.92. The van der Waals surface area contributed by atoms with Crippen LogP contribution in [0.2, 0.25) is 0 Å². The van der Waals surface area contributed by atoms with Gasteiger partial charge in [0, 0.05) is 12.1 Å². The molecular weight excluding hydrogens is 257 g/mol. The molecule has 1 aromatic carbocycles. The first-order chi connectivity index (χ1) is 8.59. The zero-order valence-electron chi connectivity index (χ0n) is 9.73. The van der Waals surface area contributed by atoms with Gasteiger partial charge in [-0.1, -0.05) is 0 Å². The maximum Gasteiger partial charge on any atom is 0.260 e. The van der Waals surface area contributed by atoms with E-state index in [2.05, 4.69) is 0 Å². The lowest BCUT2D eigenvalue weighted by Crippen LogP contribution is -2.40. The molecule has 0 radical (unpaired) electrons. The molecule has 0 bridgehead atoms. The Morgan fingerprint density at radius 2 is 1.94 bits per heavy atom. The van der Waals surface area contributed by atoms with Crippen molar-refractivity contribution in [3.05, 3.63) is 35.6 Å². The van der Waals surface area contributed by atoms with Gasteiger partial charge in [-0.3, -0.25) is 14.5 Å². The van der Waals surface area contributed by atoms with Crippen LogP contribution in [0.5, 0.6) is 0 Å². The fourth-order valence-corrected chi connectivity index (χ4v) is 2.22. The van der Waals surface area contributed by atoms with Gasteiger partial charge in [0.2, 0.25) is 5.91 Å². The predicted molar refractivity (Wildman–Crippen MR) is 65.9 cm³/mol. The highest BCUT2D eigenvalue weighted by molar-refractivity contribution is 6.32. The molecule has 0 aliphatic carbocycles. The Hall–Kier alpha value is -1.42. The molecule has 1 aliphatic heterocycles. The standard InChI is InChI=1S/C13H13ClFNO2/c14-11-3-1-2-8-16(13(11)18)12(17)9-4-6-10(15)7-5-9/h4-7,11H,1-3,8H2. The van der Waals surface area contributed by atoms with E-state index in [4.69, 9.17) is 11.6 Å². The van der Waals surface area contributed by atoms with Crippen LogP contribution in [0.3, 0.4) is 0 Å². The van der Waals surface area contributed by atoms with Gasteiger partial charge in [-0.15, -0.1) is 11.6 Å². The minimum atomic E-state index is -0.642. The SMILES string of the molecule is O=C(c1ccc(F)cc1)N1CCCCC(Cl)C1=O. The largest absolute Gasteiger partial charge is 0.277 e. The Balaban J connectivity index is 2.21. The second kappa shape index (κ2) is 5.48. The fraction of sp³-hybridized carbons (Fsp3) is 0.385. The van der Waals surface area contributed by atoms with E-state index < -0.39 is 17.1 Å². The first-order valence-corrected chi connectivity index (χ1v) is 6.28. The predicted octanol–water partition coefficient (Wildman–Crippen LogP) is 2.59. The van der Waals surface area contributed by atoms with Gasteiger partial charge in [0.05, 0.1) is 0 Å². The van der Waals surface area contributed by atoms with Crippen LogP contribution in [0.1, 0.15) is 29.6 Å². The maximum absolute atomic E-state index is 12.8. The van der Waals surface area contributed by atoms with Crippen LogP contribution in [-0.4, -0.2) is 28.6 Å². The topological polar surface area (TPSA) is 37.4 Å². The second-order valence-corrected chi connectivity index (χ2v) is 4.79. The molecule has 0 aromatic heterocycles. The summed E-state index contributed by atoms with van der Waals surface area (Å²) in [7, 11) is 0. The Morgan fingerprint density at radius 3 is 2.61 bits per heavy atom. The van der Waals surface area contributed by atoms with Crippen LogP contribution in [0, 0.1) is 5.82 Å². The van der Waals surface area contributed by atoms with Crippen molar-refractivity contribution in [1.82, 2.24) is 4.90 Å². The average molecular weight is 270 g/mol. The lowest BCUT2D eigenvalue weighted by Gasteiger charge is -2.20. The van der Waals surface area contributed by atoms with E-state index >= 15 is 0 Å². The van der Waals surface area contributed by atoms with Crippen molar-refractivity contribution in [2.75, 3.05) is 6.54 Å². The van der Waals surface area contributed by atoms with E-state index in [-0.39, 0.29) is 5.91 Å². The molecule has 96 valence electrons. The third-order valence-corrected chi connectivity index (χ3v) is 3.36. The molecule has 5 heteroatoms. The third-order valence-electron chi connectivity index (χ3n) is 2.96. The summed E-state index contributed by atoms with van der Waals surface area (Å²) in [5, 5.41) is -0.642. The van der Waals surface area contributed by atoms with Gasteiger partial charge < -0.3 is 0 Å². The number of likely N-dealkylation sites (tertiary alicyclic amines) is 1. The van der Waals surface area contributed by atoms with E-state index in [0.717, 1.165) is 17.7 Å².